The van der Waals surface area contributed by atoms with Crippen LogP contribution in [-0.4, -0.2) is 62.2 Å². The number of benzene rings is 1. The zero-order valence-electron chi connectivity index (χ0n) is 18.7. The first-order valence-corrected chi connectivity index (χ1v) is 12.9. The van der Waals surface area contributed by atoms with E-state index in [1.807, 2.05) is 0 Å². The van der Waals surface area contributed by atoms with Gasteiger partial charge in [0.05, 0.1) is 35.0 Å². The first kappa shape index (κ1) is 21.8. The summed E-state index contributed by atoms with van der Waals surface area (Å²) in [4.78, 5) is 24.5. The number of carboxylic acid groups (broad SMARTS) is 1. The number of nitriles is 1. The Bertz CT molecular complexity index is 1180. The molecule has 1 spiro atoms. The molecular weight excluding hydrogens is 438 g/mol. The van der Waals surface area contributed by atoms with E-state index >= 15 is 0 Å². The molecule has 0 bridgehead atoms. The van der Waals surface area contributed by atoms with Gasteiger partial charge in [0.2, 0.25) is 5.16 Å². The second-order valence-electron chi connectivity index (χ2n) is 9.45. The molecule has 9 heteroatoms. The van der Waals surface area contributed by atoms with E-state index < -0.39 is 22.9 Å². The van der Waals surface area contributed by atoms with Crippen LogP contribution < -0.4 is 4.90 Å². The zero-order valence-corrected chi connectivity index (χ0v) is 19.5. The molecule has 3 atom stereocenters. The summed E-state index contributed by atoms with van der Waals surface area (Å²) >= 11 is 0. The van der Waals surface area contributed by atoms with Crippen LogP contribution in [0.1, 0.15) is 35.2 Å². The van der Waals surface area contributed by atoms with Gasteiger partial charge in [0.25, 0.3) is 0 Å². The van der Waals surface area contributed by atoms with E-state index in [4.69, 9.17) is 9.97 Å². The number of aromatic nitrogens is 2. The molecule has 172 valence electrons. The van der Waals surface area contributed by atoms with Crippen molar-refractivity contribution in [1.82, 2.24) is 14.9 Å². The highest BCUT2D eigenvalue weighted by atomic mass is 32.2. The molecule has 1 saturated heterocycles. The van der Waals surface area contributed by atoms with Crippen LogP contribution in [0.4, 0.5) is 10.6 Å². The topological polar surface area (TPSA) is 110 Å². The largest absolute Gasteiger partial charge is 0.465 e. The smallest absolute Gasteiger partial charge is 0.407 e. The van der Waals surface area contributed by atoms with Crippen molar-refractivity contribution in [3.05, 3.63) is 46.6 Å². The van der Waals surface area contributed by atoms with Gasteiger partial charge in [-0.2, -0.15) is 5.26 Å². The van der Waals surface area contributed by atoms with Gasteiger partial charge in [-0.3, -0.25) is 4.21 Å². The Balaban J connectivity index is 1.49. The van der Waals surface area contributed by atoms with Crippen LogP contribution in [-0.2, 0) is 36.5 Å². The van der Waals surface area contributed by atoms with Crippen molar-refractivity contribution in [1.29, 1.82) is 5.26 Å². The molecule has 1 aromatic heterocycles. The molecule has 1 aliphatic heterocycles. The maximum absolute atomic E-state index is 12.4. The van der Waals surface area contributed by atoms with E-state index in [1.165, 1.54) is 16.0 Å². The van der Waals surface area contributed by atoms with Gasteiger partial charge in [0, 0.05) is 31.5 Å². The minimum absolute atomic E-state index is 0.0862. The Morgan fingerprint density at radius 1 is 1.24 bits per heavy atom. The van der Waals surface area contributed by atoms with Crippen molar-refractivity contribution in [2.24, 2.45) is 5.41 Å². The second kappa shape index (κ2) is 8.41. The normalized spacial score (nSPS) is 24.8. The molecule has 0 saturated carbocycles. The quantitative estimate of drug-likeness (QED) is 0.694. The molecule has 5 rings (SSSR count). The summed E-state index contributed by atoms with van der Waals surface area (Å²) in [5, 5.41) is 19.1. The summed E-state index contributed by atoms with van der Waals surface area (Å²) in [5.41, 5.74) is 4.98. The fourth-order valence-corrected chi connectivity index (χ4v) is 6.21. The third-order valence-electron chi connectivity index (χ3n) is 7.37. The highest BCUT2D eigenvalue weighted by molar-refractivity contribution is 7.84. The van der Waals surface area contributed by atoms with Gasteiger partial charge in [-0.15, -0.1) is 0 Å². The molecule has 3 aliphatic rings. The Kier molecular flexibility index (Phi) is 5.57. The van der Waals surface area contributed by atoms with Crippen molar-refractivity contribution >= 4 is 22.7 Å². The highest BCUT2D eigenvalue weighted by Crippen LogP contribution is 2.48. The first-order chi connectivity index (χ1) is 15.9. The number of nitrogens with zero attached hydrogens (tertiary/aromatic N) is 5. The minimum Gasteiger partial charge on any atom is -0.465 e. The first-order valence-electron chi connectivity index (χ1n) is 11.3. The summed E-state index contributed by atoms with van der Waals surface area (Å²) in [6, 6.07) is 10.3. The zero-order chi connectivity index (χ0) is 23.2. The van der Waals surface area contributed by atoms with E-state index in [9.17, 15) is 19.4 Å². The molecule has 1 fully saturated rings. The number of anilines is 1. The predicted molar refractivity (Wildman–Crippen MR) is 124 cm³/mol. The number of amides is 1. The summed E-state index contributed by atoms with van der Waals surface area (Å²) in [6.45, 7) is 1.20. The summed E-state index contributed by atoms with van der Waals surface area (Å²) in [7, 11) is -1.32. The molecule has 8 nitrogen and oxygen atoms in total. The minimum atomic E-state index is -1.32. The molecule has 0 radical (unpaired) electrons. The van der Waals surface area contributed by atoms with E-state index in [0.29, 0.717) is 24.8 Å². The fourth-order valence-electron chi connectivity index (χ4n) is 5.75. The highest BCUT2D eigenvalue weighted by Gasteiger charge is 2.43. The van der Waals surface area contributed by atoms with Gasteiger partial charge in [-0.05, 0) is 48.6 Å². The molecular formula is C24H27N5O3S. The average molecular weight is 466 g/mol. The fraction of sp³-hybridized carbons (Fsp3) is 0.500. The number of rotatable bonds is 3. The standard InChI is InChI=1S/C24H27N5O3S/c1-33(32)22-26-20-14-24(8-6-16-4-2-3-5-17(16)12-24)13-19(20)21(27-22)28-10-11-29(23(30)31)18(15-28)7-9-25/h2-5,18H,6-8,10-15H2,1H3,(H,30,31)/t18-,24+,33?/m0/s1. The van der Waals surface area contributed by atoms with E-state index in [0.717, 1.165) is 49.2 Å². The van der Waals surface area contributed by atoms with Gasteiger partial charge in [-0.25, -0.2) is 14.8 Å². The number of fused-ring (bicyclic) bond motifs is 2. The Morgan fingerprint density at radius 2 is 2.03 bits per heavy atom. The van der Waals surface area contributed by atoms with Gasteiger partial charge in [0.15, 0.2) is 0 Å². The maximum Gasteiger partial charge on any atom is 0.407 e. The Morgan fingerprint density at radius 3 is 2.76 bits per heavy atom. The predicted octanol–water partition coefficient (Wildman–Crippen LogP) is 2.57. The number of aryl methyl sites for hydroxylation is 1. The van der Waals surface area contributed by atoms with Crippen molar-refractivity contribution in [2.45, 2.75) is 49.7 Å². The van der Waals surface area contributed by atoms with Gasteiger partial charge in [0.1, 0.15) is 5.82 Å². The molecule has 2 heterocycles. The monoisotopic (exact) mass is 465 g/mol. The van der Waals surface area contributed by atoms with Crippen molar-refractivity contribution in [3.8, 4) is 6.07 Å². The van der Waals surface area contributed by atoms with Crippen molar-refractivity contribution < 1.29 is 14.1 Å². The lowest BCUT2D eigenvalue weighted by molar-refractivity contribution is 0.119. The van der Waals surface area contributed by atoms with Crippen molar-refractivity contribution in [2.75, 3.05) is 30.8 Å². The third kappa shape index (κ3) is 3.97. The van der Waals surface area contributed by atoms with Crippen LogP contribution in [0.2, 0.25) is 0 Å². The second-order valence-corrected chi connectivity index (χ2v) is 10.7. The van der Waals surface area contributed by atoms with Crippen molar-refractivity contribution in [3.63, 3.8) is 0 Å². The lowest BCUT2D eigenvalue weighted by Gasteiger charge is -2.40. The third-order valence-corrected chi connectivity index (χ3v) is 8.06. The Labute approximate surface area is 195 Å². The lowest BCUT2D eigenvalue weighted by Crippen LogP contribution is -2.55. The summed E-state index contributed by atoms with van der Waals surface area (Å²) in [5.74, 6) is 0.772. The van der Waals surface area contributed by atoms with Crippen LogP contribution in [0.25, 0.3) is 0 Å². The number of hydrogen-bond acceptors (Lipinski definition) is 6. The van der Waals surface area contributed by atoms with Crippen LogP contribution in [0.5, 0.6) is 0 Å². The molecule has 2 aliphatic carbocycles. The molecule has 1 amide bonds. The number of hydrogen-bond donors (Lipinski definition) is 1. The van der Waals surface area contributed by atoms with Gasteiger partial charge in [-0.1, -0.05) is 24.3 Å². The lowest BCUT2D eigenvalue weighted by atomic mass is 9.70. The summed E-state index contributed by atoms with van der Waals surface area (Å²) < 4.78 is 12.4. The SMILES string of the molecule is CS(=O)c1nc2c(c(N3CCN(C(=O)O)[C@@H](CC#N)C3)n1)C[C@]1(CCc3ccccc3C1)C2. The molecule has 1 N–H and O–H groups in total. The van der Waals surface area contributed by atoms with Crippen LogP contribution >= 0.6 is 0 Å². The molecule has 2 aromatic rings. The summed E-state index contributed by atoms with van der Waals surface area (Å²) in [6.07, 6.45) is 5.54. The van der Waals surface area contributed by atoms with E-state index in [-0.39, 0.29) is 11.8 Å². The average Bonchev–Trinajstić information content (AvgIpc) is 3.15. The Hall–Kier alpha value is -2.99. The molecule has 1 aromatic carbocycles. The van der Waals surface area contributed by atoms with Gasteiger partial charge < -0.3 is 14.9 Å². The van der Waals surface area contributed by atoms with Crippen LogP contribution in [0.15, 0.2) is 29.4 Å². The number of carbonyl (C=O) groups is 1. The van der Waals surface area contributed by atoms with E-state index in [2.05, 4.69) is 35.2 Å². The van der Waals surface area contributed by atoms with Gasteiger partial charge >= 0.3 is 6.09 Å². The van der Waals surface area contributed by atoms with E-state index in [1.54, 1.807) is 6.26 Å². The molecule has 1 unspecified atom stereocenters. The maximum atomic E-state index is 12.4. The molecule has 33 heavy (non-hydrogen) atoms. The number of piperazine rings is 1. The van der Waals surface area contributed by atoms with Crippen LogP contribution in [0.3, 0.4) is 0 Å². The van der Waals surface area contributed by atoms with Crippen LogP contribution in [0, 0.1) is 16.7 Å².